The molecule has 1 heterocycles. The Bertz CT molecular complexity index is 425. The SMILES string of the molecule is CCN1CCN(C(=O)COc2ccc(OC)cc2)CC1. The monoisotopic (exact) mass is 278 g/mol. The minimum atomic E-state index is 0.0524. The summed E-state index contributed by atoms with van der Waals surface area (Å²) in [6, 6.07) is 7.25. The standard InChI is InChI=1S/C15H22N2O3/c1-3-16-8-10-17(11-9-16)15(18)12-20-14-6-4-13(19-2)5-7-14/h4-7H,3,8-12H2,1-2H3. The van der Waals surface area contributed by atoms with E-state index in [4.69, 9.17) is 9.47 Å². The third-order valence-electron chi connectivity index (χ3n) is 3.59. The highest BCUT2D eigenvalue weighted by Crippen LogP contribution is 2.17. The number of hydrogen-bond acceptors (Lipinski definition) is 4. The predicted octanol–water partition coefficient (Wildman–Crippen LogP) is 1.24. The molecule has 20 heavy (non-hydrogen) atoms. The van der Waals surface area contributed by atoms with Gasteiger partial charge in [0.25, 0.3) is 5.91 Å². The molecule has 0 spiro atoms. The van der Waals surface area contributed by atoms with E-state index in [-0.39, 0.29) is 12.5 Å². The van der Waals surface area contributed by atoms with Crippen LogP contribution in [0.2, 0.25) is 0 Å². The Kier molecular flexibility index (Phi) is 5.24. The van der Waals surface area contributed by atoms with E-state index in [9.17, 15) is 4.79 Å². The van der Waals surface area contributed by atoms with Crippen LogP contribution in [0.25, 0.3) is 0 Å². The number of nitrogens with zero attached hydrogens (tertiary/aromatic N) is 2. The maximum atomic E-state index is 12.0. The van der Waals surface area contributed by atoms with E-state index in [0.717, 1.165) is 38.5 Å². The van der Waals surface area contributed by atoms with Crippen LogP contribution in [0.3, 0.4) is 0 Å². The largest absolute Gasteiger partial charge is 0.497 e. The number of piperazine rings is 1. The quantitative estimate of drug-likeness (QED) is 0.812. The Labute approximate surface area is 120 Å². The zero-order chi connectivity index (χ0) is 14.4. The van der Waals surface area contributed by atoms with Crippen molar-refractivity contribution in [1.29, 1.82) is 0 Å². The van der Waals surface area contributed by atoms with Crippen molar-refractivity contribution in [1.82, 2.24) is 9.80 Å². The Balaban J connectivity index is 1.77. The van der Waals surface area contributed by atoms with Crippen molar-refractivity contribution in [2.24, 2.45) is 0 Å². The highest BCUT2D eigenvalue weighted by molar-refractivity contribution is 5.77. The van der Waals surface area contributed by atoms with Gasteiger partial charge in [-0.1, -0.05) is 6.92 Å². The zero-order valence-electron chi connectivity index (χ0n) is 12.2. The molecule has 1 amide bonds. The van der Waals surface area contributed by atoms with Gasteiger partial charge in [0.15, 0.2) is 6.61 Å². The molecule has 1 saturated heterocycles. The van der Waals surface area contributed by atoms with Gasteiger partial charge >= 0.3 is 0 Å². The molecule has 2 rings (SSSR count). The van der Waals surface area contributed by atoms with Crippen LogP contribution in [0.15, 0.2) is 24.3 Å². The first kappa shape index (κ1) is 14.7. The average molecular weight is 278 g/mol. The molecule has 1 aliphatic heterocycles. The van der Waals surface area contributed by atoms with Gasteiger partial charge in [-0.15, -0.1) is 0 Å². The Morgan fingerprint density at radius 2 is 1.70 bits per heavy atom. The molecule has 0 bridgehead atoms. The van der Waals surface area contributed by atoms with Crippen molar-refractivity contribution in [3.63, 3.8) is 0 Å². The number of hydrogen-bond donors (Lipinski definition) is 0. The summed E-state index contributed by atoms with van der Waals surface area (Å²) in [6.45, 7) is 6.76. The topological polar surface area (TPSA) is 42.0 Å². The van der Waals surface area contributed by atoms with Gasteiger partial charge in [0.05, 0.1) is 7.11 Å². The van der Waals surface area contributed by atoms with Crippen LogP contribution in [0, 0.1) is 0 Å². The number of benzene rings is 1. The molecule has 1 aliphatic rings. The van der Waals surface area contributed by atoms with Crippen molar-refractivity contribution in [3.05, 3.63) is 24.3 Å². The molecule has 0 atom stereocenters. The molecule has 0 radical (unpaired) electrons. The fourth-order valence-electron chi connectivity index (χ4n) is 2.22. The second-order valence-electron chi connectivity index (χ2n) is 4.78. The van der Waals surface area contributed by atoms with Crippen LogP contribution in [0.4, 0.5) is 0 Å². The normalized spacial score (nSPS) is 16.0. The third kappa shape index (κ3) is 3.87. The molecule has 110 valence electrons. The van der Waals surface area contributed by atoms with E-state index in [1.54, 1.807) is 19.2 Å². The second kappa shape index (κ2) is 7.14. The van der Waals surface area contributed by atoms with Gasteiger partial charge in [0.2, 0.25) is 0 Å². The van der Waals surface area contributed by atoms with Crippen molar-refractivity contribution < 1.29 is 14.3 Å². The van der Waals surface area contributed by atoms with Gasteiger partial charge in [0, 0.05) is 26.2 Å². The van der Waals surface area contributed by atoms with Crippen molar-refractivity contribution in [3.8, 4) is 11.5 Å². The molecule has 1 aromatic rings. The van der Waals surface area contributed by atoms with Gasteiger partial charge in [-0.3, -0.25) is 4.79 Å². The summed E-state index contributed by atoms with van der Waals surface area (Å²) < 4.78 is 10.6. The number of amides is 1. The zero-order valence-corrected chi connectivity index (χ0v) is 12.2. The van der Waals surface area contributed by atoms with E-state index in [1.807, 2.05) is 17.0 Å². The fourth-order valence-corrected chi connectivity index (χ4v) is 2.22. The Morgan fingerprint density at radius 3 is 2.25 bits per heavy atom. The maximum Gasteiger partial charge on any atom is 0.260 e. The lowest BCUT2D eigenvalue weighted by molar-refractivity contribution is -0.135. The van der Waals surface area contributed by atoms with Crippen LogP contribution >= 0.6 is 0 Å². The lowest BCUT2D eigenvalue weighted by Crippen LogP contribution is -2.49. The first-order valence-electron chi connectivity index (χ1n) is 7.00. The van der Waals surface area contributed by atoms with Crippen LogP contribution in [0.5, 0.6) is 11.5 Å². The summed E-state index contributed by atoms with van der Waals surface area (Å²) in [5.74, 6) is 1.52. The molecule has 1 aromatic carbocycles. The molecular weight excluding hydrogens is 256 g/mol. The van der Waals surface area contributed by atoms with Crippen molar-refractivity contribution in [2.75, 3.05) is 46.4 Å². The minimum Gasteiger partial charge on any atom is -0.497 e. The van der Waals surface area contributed by atoms with Gasteiger partial charge < -0.3 is 19.3 Å². The summed E-state index contributed by atoms with van der Waals surface area (Å²) in [7, 11) is 1.62. The molecule has 0 N–H and O–H groups in total. The molecule has 5 nitrogen and oxygen atoms in total. The molecule has 1 fully saturated rings. The molecular formula is C15H22N2O3. The highest BCUT2D eigenvalue weighted by Gasteiger charge is 2.20. The van der Waals surface area contributed by atoms with Gasteiger partial charge in [0.1, 0.15) is 11.5 Å². The maximum absolute atomic E-state index is 12.0. The average Bonchev–Trinajstić information content (AvgIpc) is 2.53. The molecule has 0 aliphatic carbocycles. The lowest BCUT2D eigenvalue weighted by atomic mass is 10.3. The van der Waals surface area contributed by atoms with E-state index in [0.29, 0.717) is 5.75 Å². The molecule has 5 heteroatoms. The second-order valence-corrected chi connectivity index (χ2v) is 4.78. The van der Waals surface area contributed by atoms with Gasteiger partial charge in [-0.25, -0.2) is 0 Å². The van der Waals surface area contributed by atoms with Gasteiger partial charge in [-0.05, 0) is 30.8 Å². The first-order chi connectivity index (χ1) is 9.72. The van der Waals surface area contributed by atoms with Crippen LogP contribution in [-0.2, 0) is 4.79 Å². The van der Waals surface area contributed by atoms with E-state index in [1.165, 1.54) is 0 Å². The number of carbonyl (C=O) groups is 1. The van der Waals surface area contributed by atoms with Crippen molar-refractivity contribution >= 4 is 5.91 Å². The molecule has 0 saturated carbocycles. The summed E-state index contributed by atoms with van der Waals surface area (Å²) in [5.41, 5.74) is 0. The summed E-state index contributed by atoms with van der Waals surface area (Å²) in [5, 5.41) is 0. The molecule has 0 unspecified atom stereocenters. The minimum absolute atomic E-state index is 0.0524. The smallest absolute Gasteiger partial charge is 0.260 e. The Morgan fingerprint density at radius 1 is 1.10 bits per heavy atom. The first-order valence-corrected chi connectivity index (χ1v) is 7.00. The number of ether oxygens (including phenoxy) is 2. The van der Waals surface area contributed by atoms with Crippen LogP contribution < -0.4 is 9.47 Å². The van der Waals surface area contributed by atoms with E-state index in [2.05, 4.69) is 11.8 Å². The molecule has 0 aromatic heterocycles. The lowest BCUT2D eigenvalue weighted by Gasteiger charge is -2.33. The summed E-state index contributed by atoms with van der Waals surface area (Å²) in [6.07, 6.45) is 0. The van der Waals surface area contributed by atoms with Crippen molar-refractivity contribution in [2.45, 2.75) is 6.92 Å². The summed E-state index contributed by atoms with van der Waals surface area (Å²) >= 11 is 0. The van der Waals surface area contributed by atoms with E-state index >= 15 is 0 Å². The van der Waals surface area contributed by atoms with Gasteiger partial charge in [-0.2, -0.15) is 0 Å². The highest BCUT2D eigenvalue weighted by atomic mass is 16.5. The third-order valence-corrected chi connectivity index (χ3v) is 3.59. The number of carbonyl (C=O) groups excluding carboxylic acids is 1. The number of methoxy groups -OCH3 is 1. The number of rotatable bonds is 5. The summed E-state index contributed by atoms with van der Waals surface area (Å²) in [4.78, 5) is 16.3. The van der Waals surface area contributed by atoms with Crippen LogP contribution in [0.1, 0.15) is 6.92 Å². The van der Waals surface area contributed by atoms with Crippen LogP contribution in [-0.4, -0.2) is 62.1 Å². The number of likely N-dealkylation sites (N-methyl/N-ethyl adjacent to an activating group) is 1. The fraction of sp³-hybridized carbons (Fsp3) is 0.533. The Hall–Kier alpha value is -1.75. The predicted molar refractivity (Wildman–Crippen MR) is 77.2 cm³/mol. The van der Waals surface area contributed by atoms with E-state index < -0.39 is 0 Å².